The van der Waals surface area contributed by atoms with Crippen LogP contribution in [0.1, 0.15) is 23.8 Å². The van der Waals surface area contributed by atoms with Crippen LogP contribution in [0.25, 0.3) is 10.4 Å². The zero-order chi connectivity index (χ0) is 25.7. The number of nitrogens with zero attached hydrogens (tertiary/aromatic N) is 4. The number of hydrogen-bond donors (Lipinski definition) is 2. The number of nitrogens with two attached hydrogens (primary N) is 1. The first-order valence-electron chi connectivity index (χ1n) is 11.1. The van der Waals surface area contributed by atoms with Gasteiger partial charge in [-0.2, -0.15) is 4.40 Å². The molecule has 2 aromatic heterocycles. The number of aromatic nitrogens is 2. The van der Waals surface area contributed by atoms with E-state index in [0.29, 0.717) is 17.6 Å². The number of aliphatic hydroxyl groups excluding tert-OH is 1. The van der Waals surface area contributed by atoms with Crippen molar-refractivity contribution >= 4 is 45.2 Å². The van der Waals surface area contributed by atoms with Gasteiger partial charge in [-0.15, -0.1) is 0 Å². The fourth-order valence-corrected chi connectivity index (χ4v) is 5.80. The Kier molecular flexibility index (Phi) is 7.34. The highest BCUT2D eigenvalue weighted by molar-refractivity contribution is 7.18. The van der Waals surface area contributed by atoms with E-state index in [1.807, 2.05) is 6.20 Å². The molecule has 3 atom stereocenters. The smallest absolute Gasteiger partial charge is 0.355 e. The van der Waals surface area contributed by atoms with Crippen LogP contribution in [0.5, 0.6) is 0 Å². The molecular formula is C23H22IN5O7S. The van der Waals surface area contributed by atoms with E-state index in [4.69, 9.17) is 10.5 Å². The molecule has 0 aliphatic carbocycles. The van der Waals surface area contributed by atoms with Crippen LogP contribution in [0.3, 0.4) is 0 Å². The van der Waals surface area contributed by atoms with Crippen LogP contribution in [-0.2, 0) is 32.3 Å². The number of aliphatic hydroxyl groups is 1. The summed E-state index contributed by atoms with van der Waals surface area (Å²) in [6.45, 7) is 1.46. The molecule has 0 unspecified atom stereocenters. The Morgan fingerprint density at radius 3 is 2.65 bits per heavy atom. The summed E-state index contributed by atoms with van der Waals surface area (Å²) in [4.78, 5) is 50.6. The van der Waals surface area contributed by atoms with Crippen molar-refractivity contribution in [2.75, 3.05) is 0 Å². The second-order valence-corrected chi connectivity index (χ2v) is 9.86. The SMILES string of the molecule is C[C@@H](O)[C@H]1C(=O)N2C(C(=O)OCc3ccc([N+](=O)[O-])cc3)=C(c3cn4c[n+](CC(N)=O)cc4s3)C[C@H]12.[I-]. The Morgan fingerprint density at radius 2 is 2.05 bits per heavy atom. The number of nitro groups is 1. The van der Waals surface area contributed by atoms with Gasteiger partial charge in [0, 0.05) is 17.7 Å². The van der Waals surface area contributed by atoms with Gasteiger partial charge in [0.1, 0.15) is 24.7 Å². The highest BCUT2D eigenvalue weighted by atomic mass is 127. The van der Waals surface area contributed by atoms with Gasteiger partial charge in [0.15, 0.2) is 6.54 Å². The normalized spacial score (nSPS) is 19.3. The lowest BCUT2D eigenvalue weighted by molar-refractivity contribution is -0.682. The highest BCUT2D eigenvalue weighted by Gasteiger charge is 2.57. The fourth-order valence-electron chi connectivity index (χ4n) is 4.72. The van der Waals surface area contributed by atoms with Crippen molar-refractivity contribution in [1.29, 1.82) is 0 Å². The summed E-state index contributed by atoms with van der Waals surface area (Å²) in [5, 5.41) is 20.9. The van der Waals surface area contributed by atoms with Crippen LogP contribution in [0.15, 0.2) is 48.7 Å². The van der Waals surface area contributed by atoms with Gasteiger partial charge in [0.25, 0.3) is 11.6 Å². The van der Waals surface area contributed by atoms with Crippen LogP contribution in [0.4, 0.5) is 5.69 Å². The van der Waals surface area contributed by atoms with Gasteiger partial charge in [-0.1, -0.05) is 11.3 Å². The van der Waals surface area contributed by atoms with Gasteiger partial charge < -0.3 is 44.5 Å². The Morgan fingerprint density at radius 1 is 1.35 bits per heavy atom. The molecule has 1 saturated heterocycles. The number of fused-ring (bicyclic) bond motifs is 2. The van der Waals surface area contributed by atoms with E-state index in [-0.39, 0.29) is 60.5 Å². The number of esters is 1. The van der Waals surface area contributed by atoms with Gasteiger partial charge in [-0.3, -0.25) is 19.7 Å². The molecule has 2 aliphatic rings. The third-order valence-electron chi connectivity index (χ3n) is 6.35. The number of halogens is 1. The lowest BCUT2D eigenvalue weighted by Gasteiger charge is -2.44. The van der Waals surface area contributed by atoms with Crippen molar-refractivity contribution in [3.05, 3.63) is 69.2 Å². The molecule has 37 heavy (non-hydrogen) atoms. The average Bonchev–Trinajstić information content (AvgIpc) is 3.46. The fraction of sp³-hybridized carbons (Fsp3) is 0.304. The van der Waals surface area contributed by atoms with Crippen molar-refractivity contribution in [1.82, 2.24) is 9.30 Å². The Hall–Kier alpha value is -3.37. The summed E-state index contributed by atoms with van der Waals surface area (Å²) in [6, 6.07) is 5.30. The largest absolute Gasteiger partial charge is 1.00 e. The second kappa shape index (κ2) is 10.2. The number of nitro benzene ring substituents is 1. The van der Waals surface area contributed by atoms with E-state index >= 15 is 0 Å². The summed E-state index contributed by atoms with van der Waals surface area (Å²) in [5.74, 6) is -2.11. The first kappa shape index (κ1) is 26.7. The highest BCUT2D eigenvalue weighted by Crippen LogP contribution is 2.48. The number of carbonyl (C=O) groups is 3. The summed E-state index contributed by atoms with van der Waals surface area (Å²) < 4.78 is 8.96. The maximum atomic E-state index is 13.2. The Bertz CT molecular complexity index is 1410. The molecule has 2 amide bonds. The molecule has 3 N–H and O–H groups in total. The molecule has 1 fully saturated rings. The van der Waals surface area contributed by atoms with E-state index in [1.54, 1.807) is 28.4 Å². The monoisotopic (exact) mass is 639 g/mol. The number of thiazole rings is 1. The number of rotatable bonds is 8. The number of β-lactam (4-membered cyclic amide) rings is 1. The predicted octanol–water partition coefficient (Wildman–Crippen LogP) is -2.25. The topological polar surface area (TPSA) is 161 Å². The number of ether oxygens (including phenoxy) is 1. The molecule has 0 saturated carbocycles. The lowest BCUT2D eigenvalue weighted by Crippen LogP contribution is -3.00. The summed E-state index contributed by atoms with van der Waals surface area (Å²) in [7, 11) is 0. The van der Waals surface area contributed by atoms with Crippen molar-refractivity contribution in [3.8, 4) is 0 Å². The molecule has 4 heterocycles. The summed E-state index contributed by atoms with van der Waals surface area (Å²) >= 11 is 1.39. The molecule has 0 spiro atoms. The molecule has 3 aromatic rings. The van der Waals surface area contributed by atoms with E-state index in [9.17, 15) is 29.6 Å². The number of benzene rings is 1. The molecular weight excluding hydrogens is 617 g/mol. The van der Waals surface area contributed by atoms with Crippen molar-refractivity contribution in [2.24, 2.45) is 11.7 Å². The number of amides is 2. The standard InChI is InChI=1S/C23H21N5O7S.HI/c1-12(29)20-16-6-15(17-7-26-11-25(8-18(24)30)9-19(26)36-17)21(27(16)22(20)31)23(32)35-10-13-2-4-14(5-3-13)28(33)34;/h2-5,7,9,11-12,16,20,29H,6,8,10H2,1H3,(H-,24,30);1H/t12-,16-,20-;/m1./s1. The minimum absolute atomic E-state index is 0. The Balaban J connectivity index is 0.00000320. The molecule has 5 rings (SSSR count). The van der Waals surface area contributed by atoms with E-state index in [1.165, 1.54) is 40.5 Å². The third-order valence-corrected chi connectivity index (χ3v) is 7.45. The van der Waals surface area contributed by atoms with Crippen LogP contribution in [-0.4, -0.2) is 49.3 Å². The van der Waals surface area contributed by atoms with E-state index in [0.717, 1.165) is 9.71 Å². The number of imidazole rings is 1. The molecule has 0 bridgehead atoms. The van der Waals surface area contributed by atoms with E-state index in [2.05, 4.69) is 0 Å². The van der Waals surface area contributed by atoms with Crippen molar-refractivity contribution in [2.45, 2.75) is 38.6 Å². The van der Waals surface area contributed by atoms with Gasteiger partial charge in [-0.05, 0) is 31.0 Å². The summed E-state index contributed by atoms with van der Waals surface area (Å²) in [5.41, 5.74) is 6.53. The number of hydrogen-bond acceptors (Lipinski definition) is 8. The van der Waals surface area contributed by atoms with Crippen LogP contribution < -0.4 is 34.3 Å². The lowest BCUT2D eigenvalue weighted by atomic mass is 9.83. The molecule has 2 aliphatic heterocycles. The van der Waals surface area contributed by atoms with Crippen molar-refractivity contribution < 1.29 is 57.7 Å². The molecule has 14 heteroatoms. The summed E-state index contributed by atoms with van der Waals surface area (Å²) in [6.07, 6.45) is 4.81. The molecule has 194 valence electrons. The minimum atomic E-state index is -0.859. The second-order valence-electron chi connectivity index (χ2n) is 8.80. The molecule has 12 nitrogen and oxygen atoms in total. The average molecular weight is 639 g/mol. The number of primary amides is 1. The van der Waals surface area contributed by atoms with Gasteiger partial charge in [-0.25, -0.2) is 9.36 Å². The molecule has 1 aromatic carbocycles. The maximum Gasteiger partial charge on any atom is 0.355 e. The molecule has 0 radical (unpaired) electrons. The first-order chi connectivity index (χ1) is 17.1. The van der Waals surface area contributed by atoms with E-state index < -0.39 is 28.8 Å². The van der Waals surface area contributed by atoms with Gasteiger partial charge in [0.2, 0.25) is 17.1 Å². The van der Waals surface area contributed by atoms with Crippen molar-refractivity contribution in [3.63, 3.8) is 0 Å². The minimum Gasteiger partial charge on any atom is -1.00 e. The zero-order valence-corrected chi connectivity index (χ0v) is 22.4. The van der Waals surface area contributed by atoms with Crippen LogP contribution in [0.2, 0.25) is 0 Å². The third kappa shape index (κ3) is 4.83. The number of carbonyl (C=O) groups excluding carboxylic acids is 3. The zero-order valence-electron chi connectivity index (χ0n) is 19.4. The Labute approximate surface area is 231 Å². The number of non-ortho nitro benzene ring substituents is 1. The first-order valence-corrected chi connectivity index (χ1v) is 11.9. The van der Waals surface area contributed by atoms with Crippen LogP contribution >= 0.6 is 11.3 Å². The van der Waals surface area contributed by atoms with Gasteiger partial charge >= 0.3 is 5.97 Å². The predicted molar refractivity (Wildman–Crippen MR) is 125 cm³/mol. The quantitative estimate of drug-likeness (QED) is 0.0704. The van der Waals surface area contributed by atoms with Gasteiger partial charge in [0.05, 0.1) is 27.9 Å². The maximum absolute atomic E-state index is 13.2. The van der Waals surface area contributed by atoms with Crippen LogP contribution in [0, 0.1) is 16.0 Å².